The van der Waals surface area contributed by atoms with E-state index in [4.69, 9.17) is 9.84 Å². The quantitative estimate of drug-likeness (QED) is 0.838. The van der Waals surface area contributed by atoms with E-state index in [0.29, 0.717) is 0 Å². The van der Waals surface area contributed by atoms with E-state index in [-0.39, 0.29) is 19.6 Å². The molecule has 122 valence electrons. The number of carboxylic acid groups (broad SMARTS) is 1. The third-order valence-corrected chi connectivity index (χ3v) is 2.81. The maximum atomic E-state index is 12.4. The van der Waals surface area contributed by atoms with Crippen LogP contribution in [0.5, 0.6) is 0 Å². The predicted molar refractivity (Wildman–Crippen MR) is 66.9 cm³/mol. The second-order valence-corrected chi connectivity index (χ2v) is 5.87. The second-order valence-electron chi connectivity index (χ2n) is 5.87. The smallest absolute Gasteiger partial charge is 0.410 e. The molecule has 1 fully saturated rings. The summed E-state index contributed by atoms with van der Waals surface area (Å²) in [6.45, 7) is 3.13. The Hall–Kier alpha value is -1.51. The Balaban J connectivity index is 2.73. The van der Waals surface area contributed by atoms with E-state index in [1.54, 1.807) is 20.8 Å². The molecule has 0 spiro atoms. The van der Waals surface area contributed by atoms with Gasteiger partial charge < -0.3 is 14.7 Å². The van der Waals surface area contributed by atoms with Gasteiger partial charge in [-0.3, -0.25) is 9.69 Å². The van der Waals surface area contributed by atoms with Gasteiger partial charge in [-0.25, -0.2) is 4.79 Å². The summed E-state index contributed by atoms with van der Waals surface area (Å²) >= 11 is 0. The van der Waals surface area contributed by atoms with Crippen molar-refractivity contribution in [2.24, 2.45) is 0 Å². The molecule has 1 atom stereocenters. The molecule has 1 saturated heterocycles. The third-order valence-electron chi connectivity index (χ3n) is 2.81. The Morgan fingerprint density at radius 3 is 2.24 bits per heavy atom. The lowest BCUT2D eigenvalue weighted by molar-refractivity contribution is -0.166. The number of carbonyl (C=O) groups is 2. The first-order chi connectivity index (χ1) is 9.39. The fourth-order valence-corrected chi connectivity index (χ4v) is 1.97. The topological polar surface area (TPSA) is 70.1 Å². The Morgan fingerprint density at radius 1 is 1.24 bits per heavy atom. The Labute approximate surface area is 120 Å². The van der Waals surface area contributed by atoms with Crippen molar-refractivity contribution in [2.75, 3.05) is 26.2 Å². The van der Waals surface area contributed by atoms with Crippen LogP contribution in [-0.2, 0) is 9.53 Å². The first-order valence-electron chi connectivity index (χ1n) is 6.40. The van der Waals surface area contributed by atoms with Gasteiger partial charge in [-0.05, 0) is 20.8 Å². The molecule has 0 radical (unpaired) electrons. The van der Waals surface area contributed by atoms with Gasteiger partial charge in [0.05, 0.1) is 13.1 Å². The Kier molecular flexibility index (Phi) is 5.08. The summed E-state index contributed by atoms with van der Waals surface area (Å²) in [6, 6.07) is -1.40. The number of alkyl halides is 3. The number of piperazine rings is 1. The van der Waals surface area contributed by atoms with Gasteiger partial charge in [-0.15, -0.1) is 0 Å². The van der Waals surface area contributed by atoms with Crippen LogP contribution in [0, 0.1) is 0 Å². The van der Waals surface area contributed by atoms with Gasteiger partial charge in [0.15, 0.2) is 0 Å². The van der Waals surface area contributed by atoms with Crippen LogP contribution in [0.4, 0.5) is 18.0 Å². The molecule has 0 aromatic carbocycles. The molecule has 0 bridgehead atoms. The van der Waals surface area contributed by atoms with Crippen LogP contribution >= 0.6 is 0 Å². The molecular formula is C12H19F3N2O4. The molecule has 1 unspecified atom stereocenters. The largest absolute Gasteiger partial charge is 0.480 e. The van der Waals surface area contributed by atoms with Crippen molar-refractivity contribution in [3.8, 4) is 0 Å². The van der Waals surface area contributed by atoms with Crippen molar-refractivity contribution < 1.29 is 32.6 Å². The summed E-state index contributed by atoms with van der Waals surface area (Å²) in [7, 11) is 0. The number of hydrogen-bond acceptors (Lipinski definition) is 4. The molecule has 6 nitrogen and oxygen atoms in total. The molecule has 0 aliphatic carbocycles. The highest BCUT2D eigenvalue weighted by molar-refractivity contribution is 5.76. The minimum atomic E-state index is -4.48. The van der Waals surface area contributed by atoms with Crippen molar-refractivity contribution in [2.45, 2.75) is 38.6 Å². The number of ether oxygens (including phenoxy) is 1. The maximum Gasteiger partial charge on any atom is 0.410 e. The molecule has 21 heavy (non-hydrogen) atoms. The van der Waals surface area contributed by atoms with Crippen LogP contribution in [0.15, 0.2) is 0 Å². The summed E-state index contributed by atoms with van der Waals surface area (Å²) < 4.78 is 42.3. The molecule has 1 aliphatic rings. The number of nitrogens with zero attached hydrogens (tertiary/aromatic N) is 2. The number of aliphatic carboxylic acids is 1. The van der Waals surface area contributed by atoms with Gasteiger partial charge in [0.25, 0.3) is 0 Å². The zero-order valence-corrected chi connectivity index (χ0v) is 12.1. The number of carboxylic acids is 1. The second kappa shape index (κ2) is 6.08. The lowest BCUT2D eigenvalue weighted by Crippen LogP contribution is -2.59. The molecule has 1 aliphatic heterocycles. The summed E-state index contributed by atoms with van der Waals surface area (Å²) in [4.78, 5) is 24.9. The van der Waals surface area contributed by atoms with Gasteiger partial charge in [0, 0.05) is 13.1 Å². The fraction of sp³-hybridized carbons (Fsp3) is 0.833. The molecule has 9 heteroatoms. The van der Waals surface area contributed by atoms with E-state index < -0.39 is 36.4 Å². The average Bonchev–Trinajstić information content (AvgIpc) is 2.24. The van der Waals surface area contributed by atoms with Crippen molar-refractivity contribution >= 4 is 12.1 Å². The standard InChI is InChI=1S/C12H19F3N2O4/c1-11(2,3)21-10(20)16-4-5-17(7-12(13,14)15)8(6-16)9(18)19/h8H,4-7H2,1-3H3,(H,18,19). The highest BCUT2D eigenvalue weighted by Crippen LogP contribution is 2.21. The zero-order valence-electron chi connectivity index (χ0n) is 12.1. The van der Waals surface area contributed by atoms with Crippen LogP contribution < -0.4 is 0 Å². The van der Waals surface area contributed by atoms with Crippen molar-refractivity contribution in [1.29, 1.82) is 0 Å². The zero-order chi connectivity index (χ0) is 16.4. The van der Waals surface area contributed by atoms with E-state index in [2.05, 4.69) is 0 Å². The minimum absolute atomic E-state index is 0.00519. The predicted octanol–water partition coefficient (Wildman–Crippen LogP) is 1.55. The number of halogens is 3. The van der Waals surface area contributed by atoms with Crippen LogP contribution in [0.2, 0.25) is 0 Å². The van der Waals surface area contributed by atoms with Gasteiger partial charge >= 0.3 is 18.2 Å². The van der Waals surface area contributed by atoms with E-state index in [0.717, 1.165) is 9.80 Å². The number of rotatable bonds is 2. The number of amides is 1. The first kappa shape index (κ1) is 17.5. The SMILES string of the molecule is CC(C)(C)OC(=O)N1CCN(CC(F)(F)F)C(C(=O)O)C1. The lowest BCUT2D eigenvalue weighted by atomic mass is 10.1. The molecular weight excluding hydrogens is 293 g/mol. The van der Waals surface area contributed by atoms with Crippen molar-refractivity contribution in [3.63, 3.8) is 0 Å². The summed E-state index contributed by atoms with van der Waals surface area (Å²) in [5.41, 5.74) is -0.751. The normalized spacial score (nSPS) is 21.2. The van der Waals surface area contributed by atoms with E-state index in [1.807, 2.05) is 0 Å². The molecule has 1 N–H and O–H groups in total. The summed E-state index contributed by atoms with van der Waals surface area (Å²) in [6.07, 6.45) is -5.21. The van der Waals surface area contributed by atoms with E-state index >= 15 is 0 Å². The van der Waals surface area contributed by atoms with Crippen LogP contribution in [-0.4, -0.2) is 71.0 Å². The van der Waals surface area contributed by atoms with Gasteiger partial charge in [0.2, 0.25) is 0 Å². The molecule has 1 heterocycles. The Morgan fingerprint density at radius 2 is 1.81 bits per heavy atom. The summed E-state index contributed by atoms with van der Waals surface area (Å²) in [5, 5.41) is 9.05. The third kappa shape index (κ3) is 5.78. The molecule has 1 rings (SSSR count). The molecule has 0 aromatic rings. The monoisotopic (exact) mass is 312 g/mol. The number of carbonyl (C=O) groups excluding carboxylic acids is 1. The highest BCUT2D eigenvalue weighted by atomic mass is 19.4. The fourth-order valence-electron chi connectivity index (χ4n) is 1.97. The minimum Gasteiger partial charge on any atom is -0.480 e. The molecule has 0 aromatic heterocycles. The lowest BCUT2D eigenvalue weighted by Gasteiger charge is -2.39. The number of hydrogen-bond donors (Lipinski definition) is 1. The van der Waals surface area contributed by atoms with Crippen LogP contribution in [0.25, 0.3) is 0 Å². The van der Waals surface area contributed by atoms with Gasteiger partial charge in [0.1, 0.15) is 11.6 Å². The first-order valence-corrected chi connectivity index (χ1v) is 6.40. The van der Waals surface area contributed by atoms with Crippen molar-refractivity contribution in [1.82, 2.24) is 9.80 Å². The van der Waals surface area contributed by atoms with Crippen LogP contribution in [0.1, 0.15) is 20.8 Å². The maximum absolute atomic E-state index is 12.4. The molecule has 0 saturated carbocycles. The highest BCUT2D eigenvalue weighted by Gasteiger charge is 2.41. The average molecular weight is 312 g/mol. The van der Waals surface area contributed by atoms with E-state index in [9.17, 15) is 22.8 Å². The summed E-state index contributed by atoms with van der Waals surface area (Å²) in [5.74, 6) is -1.40. The van der Waals surface area contributed by atoms with Crippen molar-refractivity contribution in [3.05, 3.63) is 0 Å². The van der Waals surface area contributed by atoms with Crippen LogP contribution in [0.3, 0.4) is 0 Å². The Bertz CT molecular complexity index is 406. The van der Waals surface area contributed by atoms with E-state index in [1.165, 1.54) is 0 Å². The van der Waals surface area contributed by atoms with Gasteiger partial charge in [-0.1, -0.05) is 0 Å². The molecule has 1 amide bonds. The van der Waals surface area contributed by atoms with Gasteiger partial charge in [-0.2, -0.15) is 13.2 Å².